The monoisotopic (exact) mass is 433 g/mol. The fourth-order valence-electron chi connectivity index (χ4n) is 3.52. The molecule has 0 bridgehead atoms. The second-order valence-corrected chi connectivity index (χ2v) is 7.91. The topological polar surface area (TPSA) is 62.3 Å². The van der Waals surface area contributed by atoms with E-state index in [1.54, 1.807) is 0 Å². The first-order chi connectivity index (χ1) is 15.3. The van der Waals surface area contributed by atoms with E-state index in [4.69, 9.17) is 21.9 Å². The highest BCUT2D eigenvalue weighted by Crippen LogP contribution is 2.26. The molecule has 1 aliphatic rings. The maximum absolute atomic E-state index is 6.01. The first-order valence-corrected chi connectivity index (χ1v) is 11.1. The van der Waals surface area contributed by atoms with Gasteiger partial charge in [0.2, 0.25) is 11.8 Å². The molecule has 0 saturated carbocycles. The van der Waals surface area contributed by atoms with Crippen LogP contribution in [0.25, 0.3) is 0 Å². The van der Waals surface area contributed by atoms with Crippen LogP contribution in [0.1, 0.15) is 31.2 Å². The molecule has 1 aliphatic heterocycles. The number of para-hydroxylation sites is 1. The number of ether oxygens (including phenoxy) is 1. The van der Waals surface area contributed by atoms with Gasteiger partial charge in [0.25, 0.3) is 0 Å². The molecule has 4 rings (SSSR count). The van der Waals surface area contributed by atoms with E-state index in [0.717, 1.165) is 30.2 Å². The third-order valence-corrected chi connectivity index (χ3v) is 5.35. The van der Waals surface area contributed by atoms with Gasteiger partial charge in [-0.05, 0) is 42.8 Å². The standard InChI is InChI=1S/C24H27N5OS/c31-24(25-18-19-11-5-3-6-12-19)28-23-26-21(29-15-9-1-2-10-16-29)17-22(27-23)30-20-13-7-4-8-14-20/h3-8,11-14,17H,1-2,9-10,15-16,18H2,(H2,25,26,27,28,31). The van der Waals surface area contributed by atoms with Crippen LogP contribution in [0, 0.1) is 0 Å². The first kappa shape index (κ1) is 21.1. The number of benzene rings is 2. The molecule has 1 saturated heterocycles. The summed E-state index contributed by atoms with van der Waals surface area (Å²) >= 11 is 5.47. The predicted molar refractivity (Wildman–Crippen MR) is 129 cm³/mol. The van der Waals surface area contributed by atoms with Crippen LogP contribution in [-0.4, -0.2) is 28.2 Å². The summed E-state index contributed by atoms with van der Waals surface area (Å²) in [5, 5.41) is 6.81. The molecule has 0 amide bonds. The van der Waals surface area contributed by atoms with E-state index < -0.39 is 0 Å². The molecular formula is C24H27N5OS. The molecule has 0 radical (unpaired) electrons. The number of thiocarbonyl (C=S) groups is 1. The van der Waals surface area contributed by atoms with Crippen LogP contribution in [0.4, 0.5) is 11.8 Å². The van der Waals surface area contributed by atoms with Crippen molar-refractivity contribution in [1.29, 1.82) is 0 Å². The Labute approximate surface area is 188 Å². The van der Waals surface area contributed by atoms with E-state index in [-0.39, 0.29) is 0 Å². The van der Waals surface area contributed by atoms with Gasteiger partial charge in [0.05, 0.1) is 0 Å². The van der Waals surface area contributed by atoms with Gasteiger partial charge in [-0.3, -0.25) is 0 Å². The number of hydrogen-bond donors (Lipinski definition) is 2. The summed E-state index contributed by atoms with van der Waals surface area (Å²) in [6.45, 7) is 2.60. The third-order valence-electron chi connectivity index (χ3n) is 5.11. The van der Waals surface area contributed by atoms with Gasteiger partial charge < -0.3 is 20.3 Å². The molecule has 1 aromatic heterocycles. The number of anilines is 2. The van der Waals surface area contributed by atoms with E-state index in [0.29, 0.717) is 23.5 Å². The van der Waals surface area contributed by atoms with Gasteiger partial charge in [0, 0.05) is 25.7 Å². The molecule has 2 N–H and O–H groups in total. The van der Waals surface area contributed by atoms with E-state index in [2.05, 4.69) is 32.7 Å². The van der Waals surface area contributed by atoms with Gasteiger partial charge in [-0.25, -0.2) is 0 Å². The normalized spacial score (nSPS) is 13.9. The SMILES string of the molecule is S=C(NCc1ccccc1)Nc1nc(Oc2ccccc2)cc(N2CCCCCC2)n1. The van der Waals surface area contributed by atoms with Gasteiger partial charge in [-0.1, -0.05) is 61.4 Å². The van der Waals surface area contributed by atoms with E-state index >= 15 is 0 Å². The molecule has 2 heterocycles. The molecule has 160 valence electrons. The summed E-state index contributed by atoms with van der Waals surface area (Å²) in [6.07, 6.45) is 4.85. The smallest absolute Gasteiger partial charge is 0.234 e. The van der Waals surface area contributed by atoms with Crippen molar-refractivity contribution < 1.29 is 4.74 Å². The van der Waals surface area contributed by atoms with Gasteiger partial charge in [0.15, 0.2) is 5.11 Å². The van der Waals surface area contributed by atoms with Crippen LogP contribution < -0.4 is 20.3 Å². The molecule has 1 fully saturated rings. The molecule has 0 spiro atoms. The number of nitrogens with one attached hydrogen (secondary N) is 2. The minimum atomic E-state index is 0.429. The third kappa shape index (κ3) is 6.39. The Balaban J connectivity index is 1.51. The van der Waals surface area contributed by atoms with Crippen molar-refractivity contribution in [2.24, 2.45) is 0 Å². The van der Waals surface area contributed by atoms with Crippen molar-refractivity contribution >= 4 is 29.1 Å². The van der Waals surface area contributed by atoms with Gasteiger partial charge >= 0.3 is 0 Å². The molecule has 0 atom stereocenters. The van der Waals surface area contributed by atoms with Gasteiger partial charge in [-0.15, -0.1) is 0 Å². The summed E-state index contributed by atoms with van der Waals surface area (Å²) < 4.78 is 6.01. The highest BCUT2D eigenvalue weighted by atomic mass is 32.1. The number of rotatable bonds is 6. The minimum absolute atomic E-state index is 0.429. The summed E-state index contributed by atoms with van der Waals surface area (Å²) in [5.74, 6) is 2.52. The average Bonchev–Trinajstić information content (AvgIpc) is 3.09. The van der Waals surface area contributed by atoms with E-state index in [9.17, 15) is 0 Å². The molecule has 6 nitrogen and oxygen atoms in total. The Kier molecular flexibility index (Phi) is 7.28. The lowest BCUT2D eigenvalue weighted by atomic mass is 10.2. The van der Waals surface area contributed by atoms with Crippen LogP contribution in [-0.2, 0) is 6.54 Å². The first-order valence-electron chi connectivity index (χ1n) is 10.7. The second-order valence-electron chi connectivity index (χ2n) is 7.50. The molecule has 0 aliphatic carbocycles. The zero-order valence-corrected chi connectivity index (χ0v) is 18.3. The highest BCUT2D eigenvalue weighted by Gasteiger charge is 2.15. The van der Waals surface area contributed by atoms with Crippen LogP contribution in [0.15, 0.2) is 66.7 Å². The predicted octanol–water partition coefficient (Wildman–Crippen LogP) is 5.14. The lowest BCUT2D eigenvalue weighted by molar-refractivity contribution is 0.462. The van der Waals surface area contributed by atoms with Crippen molar-refractivity contribution in [1.82, 2.24) is 15.3 Å². The van der Waals surface area contributed by atoms with E-state index in [1.165, 1.54) is 25.7 Å². The van der Waals surface area contributed by atoms with Crippen LogP contribution in [0.3, 0.4) is 0 Å². The summed E-state index contributed by atoms with van der Waals surface area (Å²) in [4.78, 5) is 11.6. The van der Waals surface area contributed by atoms with Gasteiger partial charge in [0.1, 0.15) is 11.6 Å². The van der Waals surface area contributed by atoms with Crippen molar-refractivity contribution in [3.63, 3.8) is 0 Å². The highest BCUT2D eigenvalue weighted by molar-refractivity contribution is 7.80. The quantitative estimate of drug-likeness (QED) is 0.522. The Hall–Kier alpha value is -3.19. The van der Waals surface area contributed by atoms with Crippen molar-refractivity contribution in [3.8, 4) is 11.6 Å². The molecule has 31 heavy (non-hydrogen) atoms. The fourth-order valence-corrected chi connectivity index (χ4v) is 3.68. The lowest BCUT2D eigenvalue weighted by Crippen LogP contribution is -2.30. The zero-order chi connectivity index (χ0) is 21.3. The second kappa shape index (κ2) is 10.7. The van der Waals surface area contributed by atoms with E-state index in [1.807, 2.05) is 54.6 Å². The maximum Gasteiger partial charge on any atom is 0.234 e. The molecular weight excluding hydrogens is 406 g/mol. The minimum Gasteiger partial charge on any atom is -0.439 e. The maximum atomic E-state index is 6.01. The van der Waals surface area contributed by atoms with Crippen molar-refractivity contribution in [3.05, 3.63) is 72.3 Å². The van der Waals surface area contributed by atoms with Crippen LogP contribution in [0.2, 0.25) is 0 Å². The molecule has 0 unspecified atom stereocenters. The van der Waals surface area contributed by atoms with Crippen molar-refractivity contribution in [2.75, 3.05) is 23.3 Å². The van der Waals surface area contributed by atoms with Gasteiger partial charge in [-0.2, -0.15) is 9.97 Å². The van der Waals surface area contributed by atoms with Crippen LogP contribution in [0.5, 0.6) is 11.6 Å². The Bertz CT molecular complexity index is 976. The molecule has 3 aromatic rings. The summed E-state index contributed by atoms with van der Waals surface area (Å²) in [7, 11) is 0. The van der Waals surface area contributed by atoms with Crippen molar-refractivity contribution in [2.45, 2.75) is 32.2 Å². The van der Waals surface area contributed by atoms with Crippen LogP contribution >= 0.6 is 12.2 Å². The number of nitrogens with zero attached hydrogens (tertiary/aromatic N) is 3. The summed E-state index contributed by atoms with van der Waals surface area (Å²) in [6, 6.07) is 21.7. The Morgan fingerprint density at radius 3 is 2.29 bits per heavy atom. The average molecular weight is 434 g/mol. The number of hydrogen-bond acceptors (Lipinski definition) is 5. The summed E-state index contributed by atoms with van der Waals surface area (Å²) in [5.41, 5.74) is 1.15. The number of aromatic nitrogens is 2. The largest absolute Gasteiger partial charge is 0.439 e. The Morgan fingerprint density at radius 2 is 1.58 bits per heavy atom. The molecule has 2 aromatic carbocycles. The lowest BCUT2D eigenvalue weighted by Gasteiger charge is -2.22. The fraction of sp³-hybridized carbons (Fsp3) is 0.292. The zero-order valence-electron chi connectivity index (χ0n) is 17.5. The molecule has 7 heteroatoms. The Morgan fingerprint density at radius 1 is 0.903 bits per heavy atom.